The predicted octanol–water partition coefficient (Wildman–Crippen LogP) is 2.77. The van der Waals surface area contributed by atoms with Crippen molar-refractivity contribution in [2.45, 2.75) is 38.8 Å². The van der Waals surface area contributed by atoms with Gasteiger partial charge in [0.05, 0.1) is 19.1 Å². The highest BCUT2D eigenvalue weighted by molar-refractivity contribution is 5.98. The number of rotatable bonds is 6. The van der Waals surface area contributed by atoms with Gasteiger partial charge in [0.2, 0.25) is 0 Å². The Morgan fingerprint density at radius 2 is 2.07 bits per heavy atom. The minimum absolute atomic E-state index is 0.169. The van der Waals surface area contributed by atoms with E-state index in [1.807, 2.05) is 13.0 Å². The van der Waals surface area contributed by atoms with Crippen molar-refractivity contribution in [1.29, 1.82) is 0 Å². The molecule has 2 atom stereocenters. The molecule has 1 aromatic heterocycles. The van der Waals surface area contributed by atoms with Crippen molar-refractivity contribution in [3.05, 3.63) is 47.9 Å². The molecule has 0 unspecified atom stereocenters. The third-order valence-electron chi connectivity index (χ3n) is 4.79. The quantitative estimate of drug-likeness (QED) is 0.749. The van der Waals surface area contributed by atoms with Gasteiger partial charge in [-0.25, -0.2) is 4.79 Å². The largest absolute Gasteiger partial charge is 0.495 e. The second kappa shape index (κ2) is 8.81. The van der Waals surface area contributed by atoms with Gasteiger partial charge < -0.3 is 24.1 Å². The van der Waals surface area contributed by atoms with Crippen LogP contribution in [-0.2, 0) is 14.3 Å². The Labute approximate surface area is 168 Å². The van der Waals surface area contributed by atoms with Gasteiger partial charge in [0.15, 0.2) is 11.9 Å². The van der Waals surface area contributed by atoms with E-state index >= 15 is 0 Å². The maximum absolute atomic E-state index is 12.6. The number of aryl methyl sites for hydroxylation is 1. The Hall–Kier alpha value is -3.29. The van der Waals surface area contributed by atoms with Crippen LogP contribution in [0.1, 0.15) is 35.9 Å². The maximum atomic E-state index is 12.6. The summed E-state index contributed by atoms with van der Waals surface area (Å²) < 4.78 is 15.7. The third kappa shape index (κ3) is 4.59. The SMILES string of the molecule is COc1ccc(C)cc1NC(=O)[C@@H](C)OC(=O)[C@@H]1CCCN1C(=O)c1ccco1. The summed E-state index contributed by atoms with van der Waals surface area (Å²) in [5.74, 6) is -0.781. The molecule has 0 saturated carbocycles. The number of nitrogens with zero attached hydrogens (tertiary/aromatic N) is 1. The minimum atomic E-state index is -1.03. The first-order valence-corrected chi connectivity index (χ1v) is 9.41. The topological polar surface area (TPSA) is 98.1 Å². The number of carbonyl (C=O) groups excluding carboxylic acids is 3. The number of ether oxygens (including phenoxy) is 2. The third-order valence-corrected chi connectivity index (χ3v) is 4.79. The van der Waals surface area contributed by atoms with Gasteiger partial charge in [-0.1, -0.05) is 6.07 Å². The van der Waals surface area contributed by atoms with E-state index < -0.39 is 24.0 Å². The molecule has 0 bridgehead atoms. The number of nitrogens with one attached hydrogen (secondary N) is 1. The van der Waals surface area contributed by atoms with Crippen molar-refractivity contribution in [3.8, 4) is 5.75 Å². The number of likely N-dealkylation sites (tertiary alicyclic amines) is 1. The van der Waals surface area contributed by atoms with E-state index in [2.05, 4.69) is 5.32 Å². The molecule has 0 spiro atoms. The highest BCUT2D eigenvalue weighted by Gasteiger charge is 2.37. The number of hydrogen-bond acceptors (Lipinski definition) is 6. The number of furan rings is 1. The van der Waals surface area contributed by atoms with E-state index in [4.69, 9.17) is 13.9 Å². The molecule has 154 valence electrons. The van der Waals surface area contributed by atoms with Crippen molar-refractivity contribution in [2.75, 3.05) is 19.0 Å². The average Bonchev–Trinajstić information content (AvgIpc) is 3.39. The van der Waals surface area contributed by atoms with Crippen LogP contribution in [0.15, 0.2) is 41.0 Å². The summed E-state index contributed by atoms with van der Waals surface area (Å²) in [6.45, 7) is 3.81. The number of hydrogen-bond donors (Lipinski definition) is 1. The molecule has 1 saturated heterocycles. The summed E-state index contributed by atoms with van der Waals surface area (Å²) in [7, 11) is 1.51. The van der Waals surface area contributed by atoms with Gasteiger partial charge in [-0.3, -0.25) is 9.59 Å². The molecule has 2 amide bonds. The lowest BCUT2D eigenvalue weighted by Gasteiger charge is -2.24. The molecule has 0 aliphatic carbocycles. The van der Waals surface area contributed by atoms with Crippen LogP contribution in [0.4, 0.5) is 5.69 Å². The smallest absolute Gasteiger partial charge is 0.329 e. The van der Waals surface area contributed by atoms with Crippen LogP contribution in [0.5, 0.6) is 5.75 Å². The van der Waals surface area contributed by atoms with Crippen molar-refractivity contribution < 1.29 is 28.3 Å². The zero-order valence-electron chi connectivity index (χ0n) is 16.6. The van der Waals surface area contributed by atoms with Gasteiger partial charge in [-0.2, -0.15) is 0 Å². The fourth-order valence-corrected chi connectivity index (χ4v) is 3.26. The lowest BCUT2D eigenvalue weighted by molar-refractivity contribution is -0.156. The lowest BCUT2D eigenvalue weighted by Crippen LogP contribution is -2.43. The Morgan fingerprint density at radius 3 is 2.76 bits per heavy atom. The summed E-state index contributed by atoms with van der Waals surface area (Å²) in [5.41, 5.74) is 1.44. The molecule has 1 fully saturated rings. The fourth-order valence-electron chi connectivity index (χ4n) is 3.26. The molecule has 8 heteroatoms. The first-order chi connectivity index (χ1) is 13.9. The summed E-state index contributed by atoms with van der Waals surface area (Å²) >= 11 is 0. The number of amides is 2. The summed E-state index contributed by atoms with van der Waals surface area (Å²) in [6.07, 6.45) is 1.52. The molecule has 1 aliphatic rings. The Morgan fingerprint density at radius 1 is 1.28 bits per heavy atom. The van der Waals surface area contributed by atoms with Crippen LogP contribution in [-0.4, -0.2) is 48.5 Å². The van der Waals surface area contributed by atoms with Gasteiger partial charge in [0.25, 0.3) is 11.8 Å². The van der Waals surface area contributed by atoms with Crippen molar-refractivity contribution in [1.82, 2.24) is 4.90 Å². The standard InChI is InChI=1S/C21H24N2O6/c1-13-8-9-17(27-3)15(12-13)22-19(24)14(2)29-21(26)16-6-4-10-23(16)20(25)18-7-5-11-28-18/h5,7-9,11-12,14,16H,4,6,10H2,1-3H3,(H,22,24)/t14-,16+/m1/s1. The fraction of sp³-hybridized carbons (Fsp3) is 0.381. The molecular formula is C21H24N2O6. The summed E-state index contributed by atoms with van der Waals surface area (Å²) in [6, 6.07) is 7.81. The van der Waals surface area contributed by atoms with Crippen molar-refractivity contribution in [2.24, 2.45) is 0 Å². The van der Waals surface area contributed by atoms with E-state index in [9.17, 15) is 14.4 Å². The molecule has 1 aromatic carbocycles. The maximum Gasteiger partial charge on any atom is 0.329 e. The first kappa shape index (κ1) is 20.4. The Kier molecular flexibility index (Phi) is 6.21. The van der Waals surface area contributed by atoms with E-state index in [-0.39, 0.29) is 11.7 Å². The molecule has 8 nitrogen and oxygen atoms in total. The van der Waals surface area contributed by atoms with Crippen LogP contribution >= 0.6 is 0 Å². The van der Waals surface area contributed by atoms with Gasteiger partial charge in [0.1, 0.15) is 11.8 Å². The van der Waals surface area contributed by atoms with Crippen LogP contribution in [0.2, 0.25) is 0 Å². The normalized spacial score (nSPS) is 16.9. The Balaban J connectivity index is 1.63. The highest BCUT2D eigenvalue weighted by atomic mass is 16.5. The number of carbonyl (C=O) groups is 3. The van der Waals surface area contributed by atoms with Crippen LogP contribution < -0.4 is 10.1 Å². The minimum Gasteiger partial charge on any atom is -0.495 e. The molecule has 3 rings (SSSR count). The number of esters is 1. The zero-order chi connectivity index (χ0) is 21.0. The van der Waals surface area contributed by atoms with Gasteiger partial charge in [0, 0.05) is 6.54 Å². The molecule has 29 heavy (non-hydrogen) atoms. The first-order valence-electron chi connectivity index (χ1n) is 9.41. The van der Waals surface area contributed by atoms with Crippen molar-refractivity contribution in [3.63, 3.8) is 0 Å². The second-order valence-electron chi connectivity index (χ2n) is 6.91. The monoisotopic (exact) mass is 400 g/mol. The van der Waals surface area contributed by atoms with Crippen LogP contribution in [0.25, 0.3) is 0 Å². The molecule has 2 heterocycles. The van der Waals surface area contributed by atoms with Gasteiger partial charge >= 0.3 is 5.97 Å². The predicted molar refractivity (Wildman–Crippen MR) is 105 cm³/mol. The molecule has 1 aliphatic heterocycles. The number of methoxy groups -OCH3 is 1. The highest BCUT2D eigenvalue weighted by Crippen LogP contribution is 2.26. The second-order valence-corrected chi connectivity index (χ2v) is 6.91. The summed E-state index contributed by atoms with van der Waals surface area (Å²) in [4.78, 5) is 39.1. The van der Waals surface area contributed by atoms with E-state index in [1.165, 1.54) is 25.2 Å². The van der Waals surface area contributed by atoms with Crippen molar-refractivity contribution >= 4 is 23.5 Å². The van der Waals surface area contributed by atoms with Gasteiger partial charge in [-0.05, 0) is 56.5 Å². The number of benzene rings is 1. The Bertz CT molecular complexity index is 893. The molecular weight excluding hydrogens is 376 g/mol. The van der Waals surface area contributed by atoms with E-state index in [0.29, 0.717) is 30.8 Å². The molecule has 0 radical (unpaired) electrons. The zero-order valence-corrected chi connectivity index (χ0v) is 16.6. The summed E-state index contributed by atoms with van der Waals surface area (Å²) in [5, 5.41) is 2.72. The van der Waals surface area contributed by atoms with Gasteiger partial charge in [-0.15, -0.1) is 0 Å². The number of anilines is 1. The van der Waals surface area contributed by atoms with Crippen LogP contribution in [0, 0.1) is 6.92 Å². The van der Waals surface area contributed by atoms with E-state index in [1.54, 1.807) is 24.3 Å². The molecule has 2 aromatic rings. The van der Waals surface area contributed by atoms with Crippen LogP contribution in [0.3, 0.4) is 0 Å². The average molecular weight is 400 g/mol. The van der Waals surface area contributed by atoms with E-state index in [0.717, 1.165) is 5.56 Å². The molecule has 1 N–H and O–H groups in total. The lowest BCUT2D eigenvalue weighted by atomic mass is 10.2.